The number of rotatable bonds is 6. The Morgan fingerprint density at radius 2 is 1.96 bits per heavy atom. The molecule has 0 aliphatic carbocycles. The van der Waals surface area contributed by atoms with Crippen molar-refractivity contribution in [3.63, 3.8) is 0 Å². The largest absolute Gasteiger partial charge is 0.493 e. The van der Waals surface area contributed by atoms with Crippen LogP contribution in [0, 0.1) is 6.92 Å². The number of aryl methyl sites for hydroxylation is 1. The molecule has 0 aliphatic rings. The topological polar surface area (TPSA) is 50.4 Å². The Labute approximate surface area is 145 Å². The summed E-state index contributed by atoms with van der Waals surface area (Å²) in [5.41, 5.74) is 1.57. The van der Waals surface area contributed by atoms with Gasteiger partial charge in [-0.2, -0.15) is 0 Å². The van der Waals surface area contributed by atoms with Crippen molar-refractivity contribution in [1.82, 2.24) is 5.32 Å². The molecule has 0 bridgehead atoms. The number of carbonyl (C=O) groups is 1. The smallest absolute Gasteiger partial charge is 0.319 e. The third-order valence-electron chi connectivity index (χ3n) is 3.13. The fraction of sp³-hybridized carbons (Fsp3) is 0.235. The van der Waals surface area contributed by atoms with Crippen LogP contribution in [0.15, 0.2) is 42.5 Å². The molecule has 4 nitrogen and oxygen atoms in total. The highest BCUT2D eigenvalue weighted by Gasteiger charge is 2.06. The van der Waals surface area contributed by atoms with Gasteiger partial charge in [0.05, 0.1) is 17.3 Å². The molecule has 2 N–H and O–H groups in total. The number of benzene rings is 2. The number of halogens is 2. The maximum atomic E-state index is 11.8. The van der Waals surface area contributed by atoms with Gasteiger partial charge in [0, 0.05) is 11.6 Å². The molecule has 23 heavy (non-hydrogen) atoms. The van der Waals surface area contributed by atoms with Crippen molar-refractivity contribution < 1.29 is 9.53 Å². The summed E-state index contributed by atoms with van der Waals surface area (Å²) in [6, 6.07) is 12.4. The van der Waals surface area contributed by atoms with Crippen LogP contribution < -0.4 is 15.4 Å². The van der Waals surface area contributed by atoms with E-state index < -0.39 is 0 Å². The molecule has 0 heterocycles. The highest BCUT2D eigenvalue weighted by Crippen LogP contribution is 2.25. The number of para-hydroxylation sites is 1. The maximum absolute atomic E-state index is 11.8. The molecule has 2 amide bonds. The lowest BCUT2D eigenvalue weighted by molar-refractivity contribution is 0.250. The normalized spacial score (nSPS) is 10.2. The molecular weight excluding hydrogens is 335 g/mol. The summed E-state index contributed by atoms with van der Waals surface area (Å²) < 4.78 is 5.66. The van der Waals surface area contributed by atoms with Crippen LogP contribution in [0.3, 0.4) is 0 Å². The van der Waals surface area contributed by atoms with Crippen molar-refractivity contribution in [3.8, 4) is 5.75 Å². The third kappa shape index (κ3) is 5.66. The summed E-state index contributed by atoms with van der Waals surface area (Å²) >= 11 is 11.9. The average molecular weight is 353 g/mol. The predicted molar refractivity (Wildman–Crippen MR) is 94.8 cm³/mol. The van der Waals surface area contributed by atoms with Crippen molar-refractivity contribution in [3.05, 3.63) is 58.1 Å². The van der Waals surface area contributed by atoms with Gasteiger partial charge in [-0.3, -0.25) is 0 Å². The van der Waals surface area contributed by atoms with Gasteiger partial charge >= 0.3 is 6.03 Å². The minimum Gasteiger partial charge on any atom is -0.493 e. The van der Waals surface area contributed by atoms with E-state index in [0.717, 1.165) is 11.3 Å². The fourth-order valence-corrected chi connectivity index (χ4v) is 2.27. The summed E-state index contributed by atoms with van der Waals surface area (Å²) in [5.74, 6) is 0.864. The number of ether oxygens (including phenoxy) is 1. The summed E-state index contributed by atoms with van der Waals surface area (Å²) in [6.45, 7) is 3.02. The quantitative estimate of drug-likeness (QED) is 0.727. The van der Waals surface area contributed by atoms with Crippen LogP contribution in [0.4, 0.5) is 10.5 Å². The van der Waals surface area contributed by atoms with Gasteiger partial charge in [-0.1, -0.05) is 41.4 Å². The van der Waals surface area contributed by atoms with E-state index in [4.69, 9.17) is 27.9 Å². The average Bonchev–Trinajstić information content (AvgIpc) is 2.52. The maximum Gasteiger partial charge on any atom is 0.319 e. The Morgan fingerprint density at radius 3 is 2.74 bits per heavy atom. The zero-order valence-corrected chi connectivity index (χ0v) is 14.2. The number of carbonyl (C=O) groups excluding carboxylic acids is 1. The molecule has 2 aromatic carbocycles. The summed E-state index contributed by atoms with van der Waals surface area (Å²) in [6.07, 6.45) is 0.699. The van der Waals surface area contributed by atoms with Crippen LogP contribution in [0.5, 0.6) is 5.75 Å². The number of urea groups is 1. The van der Waals surface area contributed by atoms with E-state index in [2.05, 4.69) is 10.6 Å². The molecule has 0 spiro atoms. The van der Waals surface area contributed by atoms with E-state index in [9.17, 15) is 4.79 Å². The van der Waals surface area contributed by atoms with Gasteiger partial charge in [0.1, 0.15) is 5.75 Å². The van der Waals surface area contributed by atoms with Crippen molar-refractivity contribution in [1.29, 1.82) is 0 Å². The molecule has 0 aliphatic heterocycles. The summed E-state index contributed by atoms with van der Waals surface area (Å²) in [4.78, 5) is 11.8. The van der Waals surface area contributed by atoms with E-state index >= 15 is 0 Å². The molecule has 2 aromatic rings. The molecule has 0 saturated carbocycles. The molecule has 0 unspecified atom stereocenters. The molecule has 6 heteroatoms. The number of amides is 2. The van der Waals surface area contributed by atoms with Gasteiger partial charge in [-0.05, 0) is 43.2 Å². The van der Waals surface area contributed by atoms with Crippen molar-refractivity contribution >= 4 is 34.9 Å². The summed E-state index contributed by atoms with van der Waals surface area (Å²) in [7, 11) is 0. The second-order valence-corrected chi connectivity index (χ2v) is 5.82. The first-order valence-corrected chi connectivity index (χ1v) is 8.00. The Bertz CT molecular complexity index is 677. The van der Waals surface area contributed by atoms with Crippen LogP contribution in [-0.2, 0) is 0 Å². The lowest BCUT2D eigenvalue weighted by atomic mass is 10.2. The molecule has 0 fully saturated rings. The Hall–Kier alpha value is -1.91. The van der Waals surface area contributed by atoms with Gasteiger partial charge < -0.3 is 15.4 Å². The van der Waals surface area contributed by atoms with Crippen molar-refractivity contribution in [2.75, 3.05) is 18.5 Å². The van der Waals surface area contributed by atoms with Gasteiger partial charge in [-0.15, -0.1) is 0 Å². The Kier molecular flexibility index (Phi) is 6.56. The van der Waals surface area contributed by atoms with Gasteiger partial charge in [0.2, 0.25) is 0 Å². The lowest BCUT2D eigenvalue weighted by Gasteiger charge is -2.11. The standard InChI is InChI=1S/C17H18Cl2N2O2/c1-12-5-2-3-6-16(12)23-10-4-9-20-17(22)21-15-11-13(18)7-8-14(15)19/h2-3,5-8,11H,4,9-10H2,1H3,(H2,20,21,22). The minimum atomic E-state index is -0.329. The first-order chi connectivity index (χ1) is 11.1. The van der Waals surface area contributed by atoms with Crippen molar-refractivity contribution in [2.45, 2.75) is 13.3 Å². The molecule has 0 radical (unpaired) electrons. The number of nitrogens with one attached hydrogen (secondary N) is 2. The monoisotopic (exact) mass is 352 g/mol. The SMILES string of the molecule is Cc1ccccc1OCCCNC(=O)Nc1cc(Cl)ccc1Cl. The van der Waals surface area contributed by atoms with Gasteiger partial charge in [0.25, 0.3) is 0 Å². The van der Waals surface area contributed by atoms with Crippen LogP contribution in [0.25, 0.3) is 0 Å². The van der Waals surface area contributed by atoms with E-state index in [1.54, 1.807) is 18.2 Å². The van der Waals surface area contributed by atoms with Crippen LogP contribution in [0.2, 0.25) is 10.0 Å². The Morgan fingerprint density at radius 1 is 1.17 bits per heavy atom. The molecule has 122 valence electrons. The number of anilines is 1. The van der Waals surface area contributed by atoms with E-state index in [1.165, 1.54) is 0 Å². The van der Waals surface area contributed by atoms with E-state index in [1.807, 2.05) is 31.2 Å². The van der Waals surface area contributed by atoms with Gasteiger partial charge in [0.15, 0.2) is 0 Å². The molecule has 0 aromatic heterocycles. The first-order valence-electron chi connectivity index (χ1n) is 7.24. The second-order valence-electron chi connectivity index (χ2n) is 4.97. The predicted octanol–water partition coefficient (Wildman–Crippen LogP) is 4.89. The minimum absolute atomic E-state index is 0.329. The number of hydrogen-bond acceptors (Lipinski definition) is 2. The lowest BCUT2D eigenvalue weighted by Crippen LogP contribution is -2.30. The van der Waals surface area contributed by atoms with Crippen LogP contribution in [0.1, 0.15) is 12.0 Å². The van der Waals surface area contributed by atoms with Crippen LogP contribution >= 0.6 is 23.2 Å². The second kappa shape index (κ2) is 8.65. The zero-order valence-electron chi connectivity index (χ0n) is 12.7. The van der Waals surface area contributed by atoms with Crippen LogP contribution in [-0.4, -0.2) is 19.2 Å². The molecule has 0 saturated heterocycles. The van der Waals surface area contributed by atoms with E-state index in [-0.39, 0.29) is 6.03 Å². The third-order valence-corrected chi connectivity index (χ3v) is 3.70. The zero-order chi connectivity index (χ0) is 16.7. The van der Waals surface area contributed by atoms with Crippen molar-refractivity contribution in [2.24, 2.45) is 0 Å². The molecular formula is C17H18Cl2N2O2. The Balaban J connectivity index is 1.69. The van der Waals surface area contributed by atoms with Gasteiger partial charge in [-0.25, -0.2) is 4.79 Å². The highest BCUT2D eigenvalue weighted by molar-refractivity contribution is 6.35. The number of hydrogen-bond donors (Lipinski definition) is 2. The molecule has 0 atom stereocenters. The highest BCUT2D eigenvalue weighted by atomic mass is 35.5. The summed E-state index contributed by atoms with van der Waals surface area (Å²) in [5, 5.41) is 6.36. The van der Waals surface area contributed by atoms with E-state index in [0.29, 0.717) is 35.3 Å². The first kappa shape index (κ1) is 17.4. The molecule has 2 rings (SSSR count). The fourth-order valence-electron chi connectivity index (χ4n) is 1.93.